The van der Waals surface area contributed by atoms with Gasteiger partial charge in [-0.25, -0.2) is 9.59 Å². The molecule has 0 amide bonds. The van der Waals surface area contributed by atoms with Crippen LogP contribution in [0.5, 0.6) is 0 Å². The van der Waals surface area contributed by atoms with Crippen molar-refractivity contribution in [2.75, 3.05) is 14.2 Å². The lowest BCUT2D eigenvalue weighted by atomic mass is 9.91. The normalized spacial score (nSPS) is 26.8. The molecular weight excluding hydrogens is 345 g/mol. The highest BCUT2D eigenvalue weighted by Crippen LogP contribution is 2.43. The van der Waals surface area contributed by atoms with Crippen molar-refractivity contribution in [1.82, 2.24) is 4.90 Å². The maximum atomic E-state index is 12.3. The number of halogens is 2. The van der Waals surface area contributed by atoms with Gasteiger partial charge in [-0.2, -0.15) is 0 Å². The average Bonchev–Trinajstić information content (AvgIpc) is 2.53. The lowest BCUT2D eigenvalue weighted by molar-refractivity contribution is -0.155. The Bertz CT molecular complexity index is 625. The Hall–Kier alpha value is -1.50. The predicted octanol–water partition coefficient (Wildman–Crippen LogP) is 2.28. The van der Waals surface area contributed by atoms with Crippen LogP contribution in [0.1, 0.15) is 13.8 Å². The fourth-order valence-corrected chi connectivity index (χ4v) is 2.85. The zero-order valence-corrected chi connectivity index (χ0v) is 14.6. The fraction of sp³-hybridized carbons (Fsp3) is 0.467. The minimum absolute atomic E-state index is 0.00639. The number of allylic oxidation sites excluding steroid dienone is 2. The topological polar surface area (TPSA) is 65.1 Å². The number of fused-ring (bicyclic) bond motifs is 1. The van der Waals surface area contributed by atoms with Gasteiger partial charge in [-0.05, 0) is 25.5 Å². The molecule has 0 fully saturated rings. The van der Waals surface area contributed by atoms with Crippen LogP contribution in [0.2, 0.25) is 0 Å². The second kappa shape index (κ2) is 6.55. The molecule has 0 spiro atoms. The van der Waals surface area contributed by atoms with Crippen LogP contribution >= 0.6 is 23.2 Å². The molecule has 126 valence electrons. The number of rotatable bonds is 3. The van der Waals surface area contributed by atoms with Crippen molar-refractivity contribution in [2.45, 2.75) is 30.5 Å². The predicted molar refractivity (Wildman–Crippen MR) is 84.6 cm³/mol. The minimum atomic E-state index is -1.44. The average molecular weight is 362 g/mol. The molecule has 8 heteroatoms. The summed E-state index contributed by atoms with van der Waals surface area (Å²) in [6.45, 7) is 3.37. The van der Waals surface area contributed by atoms with Crippen LogP contribution in [0, 0.1) is 0 Å². The van der Waals surface area contributed by atoms with Crippen LogP contribution in [0.3, 0.4) is 0 Å². The first-order valence-corrected chi connectivity index (χ1v) is 7.65. The first-order chi connectivity index (χ1) is 10.8. The molecule has 2 heterocycles. The van der Waals surface area contributed by atoms with Crippen molar-refractivity contribution in [1.29, 1.82) is 0 Å². The van der Waals surface area contributed by atoms with E-state index in [0.717, 1.165) is 5.57 Å². The Kier molecular flexibility index (Phi) is 5.08. The number of esters is 2. The highest BCUT2D eigenvalue weighted by molar-refractivity contribution is 6.45. The van der Waals surface area contributed by atoms with Gasteiger partial charge in [-0.15, -0.1) is 23.2 Å². The van der Waals surface area contributed by atoms with Gasteiger partial charge in [0.25, 0.3) is 0 Å². The van der Waals surface area contributed by atoms with Gasteiger partial charge in [0.05, 0.1) is 14.2 Å². The molecule has 23 heavy (non-hydrogen) atoms. The highest BCUT2D eigenvalue weighted by Gasteiger charge is 2.52. The monoisotopic (exact) mass is 361 g/mol. The van der Waals surface area contributed by atoms with Crippen molar-refractivity contribution >= 4 is 35.1 Å². The van der Waals surface area contributed by atoms with E-state index in [-0.39, 0.29) is 11.3 Å². The Labute approximate surface area is 144 Å². The molecule has 0 radical (unpaired) electrons. The molecule has 0 saturated carbocycles. The summed E-state index contributed by atoms with van der Waals surface area (Å²) in [5.41, 5.74) is -0.718. The van der Waals surface area contributed by atoms with Gasteiger partial charge >= 0.3 is 11.9 Å². The van der Waals surface area contributed by atoms with E-state index in [9.17, 15) is 9.59 Å². The van der Waals surface area contributed by atoms with Crippen molar-refractivity contribution in [3.8, 4) is 0 Å². The molecule has 0 N–H and O–H groups in total. The summed E-state index contributed by atoms with van der Waals surface area (Å²) in [4.78, 5) is 25.1. The summed E-state index contributed by atoms with van der Waals surface area (Å²) in [7, 11) is 2.42. The Morgan fingerprint density at radius 1 is 1.30 bits per heavy atom. The molecule has 0 aromatic rings. The number of hydrogen-bond donors (Lipinski definition) is 0. The van der Waals surface area contributed by atoms with E-state index in [1.165, 1.54) is 26.0 Å². The van der Waals surface area contributed by atoms with Crippen LogP contribution in [-0.4, -0.2) is 47.7 Å². The third-order valence-corrected chi connectivity index (χ3v) is 4.61. The molecule has 2 unspecified atom stereocenters. The number of nitrogens with zero attached hydrogens (tertiary/aromatic N) is 1. The van der Waals surface area contributed by atoms with Crippen LogP contribution in [0.4, 0.5) is 0 Å². The van der Waals surface area contributed by atoms with E-state index < -0.39 is 28.6 Å². The van der Waals surface area contributed by atoms with Crippen molar-refractivity contribution in [2.24, 2.45) is 0 Å². The number of alkyl halides is 2. The number of hydrogen-bond acceptors (Lipinski definition) is 6. The third kappa shape index (κ3) is 2.86. The quantitative estimate of drug-likeness (QED) is 0.567. The summed E-state index contributed by atoms with van der Waals surface area (Å²) in [5, 5.41) is 0. The fourth-order valence-electron chi connectivity index (χ4n) is 2.53. The van der Waals surface area contributed by atoms with Crippen LogP contribution in [-0.2, 0) is 23.8 Å². The summed E-state index contributed by atoms with van der Waals surface area (Å²) in [6, 6.07) is 0. The maximum absolute atomic E-state index is 12.3. The Morgan fingerprint density at radius 3 is 2.43 bits per heavy atom. The van der Waals surface area contributed by atoms with Gasteiger partial charge in [0.2, 0.25) is 0 Å². The van der Waals surface area contributed by atoms with Gasteiger partial charge in [0.1, 0.15) is 21.7 Å². The van der Waals surface area contributed by atoms with Gasteiger partial charge < -0.3 is 19.1 Å². The number of methoxy groups -OCH3 is 2. The lowest BCUT2D eigenvalue weighted by Gasteiger charge is -2.47. The summed E-state index contributed by atoms with van der Waals surface area (Å²) in [5.74, 6) is -1.48. The molecule has 0 aliphatic carbocycles. The zero-order chi connectivity index (χ0) is 17.4. The maximum Gasteiger partial charge on any atom is 0.355 e. The Balaban J connectivity index is 2.76. The van der Waals surface area contributed by atoms with Gasteiger partial charge in [0.15, 0.2) is 6.23 Å². The van der Waals surface area contributed by atoms with Crippen LogP contribution in [0.15, 0.2) is 35.2 Å². The van der Waals surface area contributed by atoms with E-state index >= 15 is 0 Å². The highest BCUT2D eigenvalue weighted by atomic mass is 35.5. The standard InChI is InChI=1S/C15H17Cl2NO5/c1-8-6-5-7-18-10(13(20)22-4)9(12(19)21-3)15(2,14(16)17)23-11(8)18/h5-7,11,14H,1-4H3. The van der Waals surface area contributed by atoms with Gasteiger partial charge in [-0.3, -0.25) is 0 Å². The van der Waals surface area contributed by atoms with E-state index in [4.69, 9.17) is 37.4 Å². The smallest absolute Gasteiger partial charge is 0.355 e. The van der Waals surface area contributed by atoms with Crippen LogP contribution in [0.25, 0.3) is 0 Å². The molecule has 2 atom stereocenters. The molecule has 0 saturated heterocycles. The van der Waals surface area contributed by atoms with Crippen molar-refractivity contribution in [3.63, 3.8) is 0 Å². The van der Waals surface area contributed by atoms with Crippen molar-refractivity contribution < 1.29 is 23.8 Å². The molecule has 2 aliphatic rings. The first kappa shape index (κ1) is 17.8. The van der Waals surface area contributed by atoms with Crippen molar-refractivity contribution in [3.05, 3.63) is 35.2 Å². The SMILES string of the molecule is COC(=O)C1=C(C(=O)OC)C(C)(C(Cl)Cl)OC2C(C)=CC=CN12. The Morgan fingerprint density at radius 2 is 1.91 bits per heavy atom. The zero-order valence-electron chi connectivity index (χ0n) is 13.1. The summed E-state index contributed by atoms with van der Waals surface area (Å²) < 4.78 is 15.6. The molecular formula is C15H17Cl2NO5. The molecule has 0 aromatic carbocycles. The largest absolute Gasteiger partial charge is 0.466 e. The molecule has 0 bridgehead atoms. The van der Waals surface area contributed by atoms with Gasteiger partial charge in [-0.1, -0.05) is 6.08 Å². The minimum Gasteiger partial charge on any atom is -0.466 e. The second-order valence-corrected chi connectivity index (χ2v) is 6.34. The molecule has 2 rings (SSSR count). The molecule has 6 nitrogen and oxygen atoms in total. The van der Waals surface area contributed by atoms with E-state index in [2.05, 4.69) is 0 Å². The van der Waals surface area contributed by atoms with E-state index in [1.807, 2.05) is 13.0 Å². The first-order valence-electron chi connectivity index (χ1n) is 6.78. The van der Waals surface area contributed by atoms with E-state index in [1.54, 1.807) is 12.3 Å². The van der Waals surface area contributed by atoms with E-state index in [0.29, 0.717) is 0 Å². The summed E-state index contributed by atoms with van der Waals surface area (Å²) >= 11 is 12.2. The number of carbonyl (C=O) groups excluding carboxylic acids is 2. The molecule has 2 aliphatic heterocycles. The number of ether oxygens (including phenoxy) is 3. The second-order valence-electron chi connectivity index (χ2n) is 5.24. The van der Waals surface area contributed by atoms with Gasteiger partial charge in [0, 0.05) is 6.20 Å². The third-order valence-electron chi connectivity index (χ3n) is 3.78. The van der Waals surface area contributed by atoms with Crippen LogP contribution < -0.4 is 0 Å². The molecule has 0 aromatic heterocycles. The number of carbonyl (C=O) groups is 2. The lowest BCUT2D eigenvalue weighted by Crippen LogP contribution is -2.56. The summed E-state index contributed by atoms with van der Waals surface area (Å²) in [6.07, 6.45) is 4.54.